The maximum absolute atomic E-state index is 12.1. The number of carbonyl (C=O) groups excluding carboxylic acids is 1. The van der Waals surface area contributed by atoms with Gasteiger partial charge in [0.25, 0.3) is 5.69 Å². The molecular weight excluding hydrogens is 338 g/mol. The molecule has 108 valence electrons. The van der Waals surface area contributed by atoms with Gasteiger partial charge in [-0.1, -0.05) is 30.3 Å². The molecule has 2 aromatic carbocycles. The Balaban J connectivity index is 2.21. The first-order chi connectivity index (χ1) is 9.99. The van der Waals surface area contributed by atoms with Crippen LogP contribution in [0, 0.1) is 10.1 Å². The van der Waals surface area contributed by atoms with Crippen molar-refractivity contribution < 1.29 is 14.5 Å². The van der Waals surface area contributed by atoms with Crippen LogP contribution in [0.1, 0.15) is 28.9 Å². The molecule has 6 heteroatoms. The summed E-state index contributed by atoms with van der Waals surface area (Å²) in [6, 6.07) is 13.2. The van der Waals surface area contributed by atoms with E-state index in [2.05, 4.69) is 15.9 Å². The third-order valence-electron chi connectivity index (χ3n) is 2.93. The predicted molar refractivity (Wildman–Crippen MR) is 81.1 cm³/mol. The molecule has 1 unspecified atom stereocenters. The topological polar surface area (TPSA) is 69.4 Å². The molecule has 0 aliphatic rings. The number of hydrogen-bond donors (Lipinski definition) is 0. The summed E-state index contributed by atoms with van der Waals surface area (Å²) >= 11 is 3.20. The first-order valence-electron chi connectivity index (χ1n) is 6.19. The third kappa shape index (κ3) is 3.66. The average Bonchev–Trinajstić information content (AvgIpc) is 2.48. The molecular formula is C15H12BrNO4. The maximum Gasteiger partial charge on any atom is 0.340 e. The largest absolute Gasteiger partial charge is 0.454 e. The molecule has 0 saturated heterocycles. The number of ether oxygens (including phenoxy) is 1. The van der Waals surface area contributed by atoms with E-state index in [1.807, 2.05) is 30.3 Å². The molecule has 1 atom stereocenters. The fourth-order valence-electron chi connectivity index (χ4n) is 1.80. The Kier molecular flexibility index (Phi) is 4.70. The molecule has 21 heavy (non-hydrogen) atoms. The Labute approximate surface area is 129 Å². The number of nitro benzene ring substituents is 1. The lowest BCUT2D eigenvalue weighted by molar-refractivity contribution is -0.384. The van der Waals surface area contributed by atoms with Gasteiger partial charge in [0, 0.05) is 16.6 Å². The molecule has 2 rings (SSSR count). The maximum atomic E-state index is 12.1. The smallest absolute Gasteiger partial charge is 0.340 e. The van der Waals surface area contributed by atoms with Crippen molar-refractivity contribution in [3.8, 4) is 0 Å². The van der Waals surface area contributed by atoms with E-state index in [1.165, 1.54) is 18.2 Å². The minimum absolute atomic E-state index is 0.131. The average molecular weight is 350 g/mol. The van der Waals surface area contributed by atoms with Gasteiger partial charge in [0.05, 0.1) is 10.5 Å². The zero-order valence-electron chi connectivity index (χ0n) is 11.2. The van der Waals surface area contributed by atoms with E-state index >= 15 is 0 Å². The Morgan fingerprint density at radius 1 is 1.24 bits per heavy atom. The highest BCUT2D eigenvalue weighted by atomic mass is 79.9. The van der Waals surface area contributed by atoms with Crippen molar-refractivity contribution in [3.63, 3.8) is 0 Å². The number of esters is 1. The van der Waals surface area contributed by atoms with Gasteiger partial charge in [-0.25, -0.2) is 4.79 Å². The van der Waals surface area contributed by atoms with Crippen LogP contribution in [-0.4, -0.2) is 10.9 Å². The summed E-state index contributed by atoms with van der Waals surface area (Å²) in [6.07, 6.45) is -0.440. The van der Waals surface area contributed by atoms with E-state index in [-0.39, 0.29) is 11.3 Å². The molecule has 0 aliphatic carbocycles. The number of rotatable bonds is 4. The fraction of sp³-hybridized carbons (Fsp3) is 0.133. The molecule has 0 fully saturated rings. The van der Waals surface area contributed by atoms with Crippen LogP contribution in [0.2, 0.25) is 0 Å². The predicted octanol–water partition coefficient (Wildman–Crippen LogP) is 4.28. The van der Waals surface area contributed by atoms with Crippen LogP contribution in [0.5, 0.6) is 0 Å². The number of benzene rings is 2. The summed E-state index contributed by atoms with van der Waals surface area (Å²) in [4.78, 5) is 22.4. The molecule has 5 nitrogen and oxygen atoms in total. The van der Waals surface area contributed by atoms with Gasteiger partial charge in [0.2, 0.25) is 0 Å². The molecule has 0 saturated carbocycles. The van der Waals surface area contributed by atoms with Crippen molar-refractivity contribution in [2.24, 2.45) is 0 Å². The van der Waals surface area contributed by atoms with Gasteiger partial charge in [0.15, 0.2) is 0 Å². The van der Waals surface area contributed by atoms with Gasteiger partial charge < -0.3 is 4.74 Å². The van der Waals surface area contributed by atoms with Gasteiger partial charge in [-0.3, -0.25) is 10.1 Å². The first-order valence-corrected chi connectivity index (χ1v) is 6.98. The summed E-state index contributed by atoms with van der Waals surface area (Å²) in [6.45, 7) is 1.75. The SMILES string of the molecule is CC(OC(=O)c1cc([N+](=O)[O-])ccc1Br)c1ccccc1. The van der Waals surface area contributed by atoms with Gasteiger partial charge in [-0.2, -0.15) is 0 Å². The quantitative estimate of drug-likeness (QED) is 0.469. The van der Waals surface area contributed by atoms with Crippen LogP contribution < -0.4 is 0 Å². The van der Waals surface area contributed by atoms with Crippen LogP contribution in [0.25, 0.3) is 0 Å². The summed E-state index contributed by atoms with van der Waals surface area (Å²) in [5, 5.41) is 10.8. The fourth-order valence-corrected chi connectivity index (χ4v) is 2.21. The Morgan fingerprint density at radius 3 is 2.52 bits per heavy atom. The zero-order valence-corrected chi connectivity index (χ0v) is 12.7. The van der Waals surface area contributed by atoms with Gasteiger partial charge >= 0.3 is 5.97 Å². The molecule has 0 radical (unpaired) electrons. The molecule has 0 spiro atoms. The number of halogens is 1. The van der Waals surface area contributed by atoms with E-state index in [0.29, 0.717) is 4.47 Å². The van der Waals surface area contributed by atoms with Gasteiger partial charge in [-0.15, -0.1) is 0 Å². The highest BCUT2D eigenvalue weighted by molar-refractivity contribution is 9.10. The lowest BCUT2D eigenvalue weighted by Gasteiger charge is -2.14. The standard InChI is InChI=1S/C15H12BrNO4/c1-10(11-5-3-2-4-6-11)21-15(18)13-9-12(17(19)20)7-8-14(13)16/h2-10H,1H3. The summed E-state index contributed by atoms with van der Waals surface area (Å²) in [5.74, 6) is -0.609. The second kappa shape index (κ2) is 6.49. The van der Waals surface area contributed by atoms with Crippen molar-refractivity contribution in [1.29, 1.82) is 0 Å². The van der Waals surface area contributed by atoms with Crippen molar-refractivity contribution in [2.45, 2.75) is 13.0 Å². The van der Waals surface area contributed by atoms with Crippen LogP contribution in [0.4, 0.5) is 5.69 Å². The van der Waals surface area contributed by atoms with Crippen LogP contribution >= 0.6 is 15.9 Å². The number of non-ortho nitro benzene ring substituents is 1. The number of hydrogen-bond acceptors (Lipinski definition) is 4. The molecule has 0 bridgehead atoms. The highest BCUT2D eigenvalue weighted by Gasteiger charge is 2.19. The second-order valence-electron chi connectivity index (χ2n) is 4.38. The van der Waals surface area contributed by atoms with E-state index in [4.69, 9.17) is 4.74 Å². The number of carbonyl (C=O) groups is 1. The molecule has 0 N–H and O–H groups in total. The van der Waals surface area contributed by atoms with Crippen LogP contribution in [0.15, 0.2) is 53.0 Å². The highest BCUT2D eigenvalue weighted by Crippen LogP contribution is 2.25. The Hall–Kier alpha value is -2.21. The summed E-state index contributed by atoms with van der Waals surface area (Å²) in [5.41, 5.74) is 0.830. The molecule has 2 aromatic rings. The molecule has 0 aromatic heterocycles. The second-order valence-corrected chi connectivity index (χ2v) is 5.23. The molecule has 0 heterocycles. The zero-order chi connectivity index (χ0) is 15.4. The minimum Gasteiger partial charge on any atom is -0.454 e. The van der Waals surface area contributed by atoms with Gasteiger partial charge in [-0.05, 0) is 34.5 Å². The van der Waals surface area contributed by atoms with E-state index in [0.717, 1.165) is 5.56 Å². The van der Waals surface area contributed by atoms with Crippen molar-refractivity contribution in [3.05, 3.63) is 74.2 Å². The first kappa shape index (κ1) is 15.2. The Bertz CT molecular complexity index is 673. The Morgan fingerprint density at radius 2 is 1.90 bits per heavy atom. The summed E-state index contributed by atoms with van der Waals surface area (Å²) < 4.78 is 5.80. The van der Waals surface area contributed by atoms with Crippen molar-refractivity contribution in [1.82, 2.24) is 0 Å². The number of nitro groups is 1. The van der Waals surface area contributed by atoms with E-state index < -0.39 is 17.0 Å². The van der Waals surface area contributed by atoms with Crippen LogP contribution in [-0.2, 0) is 4.74 Å². The van der Waals surface area contributed by atoms with E-state index in [1.54, 1.807) is 6.92 Å². The van der Waals surface area contributed by atoms with Gasteiger partial charge in [0.1, 0.15) is 6.10 Å². The summed E-state index contributed by atoms with van der Waals surface area (Å²) in [7, 11) is 0. The minimum atomic E-state index is -0.609. The third-order valence-corrected chi connectivity index (χ3v) is 3.62. The normalized spacial score (nSPS) is 11.7. The number of nitrogens with zero attached hydrogens (tertiary/aromatic N) is 1. The van der Waals surface area contributed by atoms with Crippen molar-refractivity contribution >= 4 is 27.6 Å². The molecule has 0 amide bonds. The monoisotopic (exact) mass is 349 g/mol. The van der Waals surface area contributed by atoms with Crippen molar-refractivity contribution in [2.75, 3.05) is 0 Å². The molecule has 0 aliphatic heterocycles. The lowest BCUT2D eigenvalue weighted by atomic mass is 10.1. The lowest BCUT2D eigenvalue weighted by Crippen LogP contribution is -2.10. The van der Waals surface area contributed by atoms with Crippen LogP contribution in [0.3, 0.4) is 0 Å². The van der Waals surface area contributed by atoms with E-state index in [9.17, 15) is 14.9 Å².